The van der Waals surface area contributed by atoms with Crippen LogP contribution in [-0.2, 0) is 9.53 Å². The van der Waals surface area contributed by atoms with Gasteiger partial charge in [0, 0.05) is 16.7 Å². The molecule has 1 saturated carbocycles. The van der Waals surface area contributed by atoms with Gasteiger partial charge in [0.25, 0.3) is 0 Å². The van der Waals surface area contributed by atoms with Crippen molar-refractivity contribution in [1.82, 2.24) is 20.2 Å². The summed E-state index contributed by atoms with van der Waals surface area (Å²) in [5.41, 5.74) is 3.28. The van der Waals surface area contributed by atoms with E-state index in [1.165, 1.54) is 12.8 Å². The summed E-state index contributed by atoms with van der Waals surface area (Å²) in [5, 5.41) is 12.6. The molecule has 6 nitrogen and oxygen atoms in total. The van der Waals surface area contributed by atoms with Crippen LogP contribution in [0.1, 0.15) is 105 Å². The maximum atomic E-state index is 11.1. The van der Waals surface area contributed by atoms with Crippen molar-refractivity contribution >= 4 is 5.97 Å². The Bertz CT molecular complexity index is 1220. The summed E-state index contributed by atoms with van der Waals surface area (Å²) in [7, 11) is 0. The fourth-order valence-electron chi connectivity index (χ4n) is 3.31. The summed E-state index contributed by atoms with van der Waals surface area (Å²) in [6.07, 6.45) is 4.80. The van der Waals surface area contributed by atoms with Crippen molar-refractivity contribution in [2.75, 3.05) is 0 Å². The molecule has 40 heavy (non-hydrogen) atoms. The van der Waals surface area contributed by atoms with Gasteiger partial charge >= 0.3 is 5.97 Å². The van der Waals surface area contributed by atoms with E-state index in [4.69, 9.17) is 4.74 Å². The third kappa shape index (κ3) is 11.3. The summed E-state index contributed by atoms with van der Waals surface area (Å²) >= 11 is 0. The first-order valence-electron chi connectivity index (χ1n) is 14.5. The first-order chi connectivity index (χ1) is 18.9. The van der Waals surface area contributed by atoms with Crippen LogP contribution in [0.3, 0.4) is 0 Å². The molecule has 0 saturated heterocycles. The van der Waals surface area contributed by atoms with Gasteiger partial charge in [-0.25, -0.2) is 0 Å². The molecule has 0 unspecified atom stereocenters. The number of carbonyl (C=O) groups excluding carboxylic acids is 1. The quantitative estimate of drug-likeness (QED) is 0.245. The van der Waals surface area contributed by atoms with E-state index in [1.807, 2.05) is 82.3 Å². The highest BCUT2D eigenvalue weighted by Gasteiger charge is 2.20. The third-order valence-corrected chi connectivity index (χ3v) is 6.96. The predicted molar refractivity (Wildman–Crippen MR) is 164 cm³/mol. The highest BCUT2D eigenvalue weighted by atomic mass is 16.5. The highest BCUT2D eigenvalue weighted by Crippen LogP contribution is 2.24. The molecule has 0 radical (unpaired) electrons. The molecule has 216 valence electrons. The molecule has 1 aliphatic rings. The predicted octanol–water partition coefficient (Wildman–Crippen LogP) is 8.14. The number of esters is 1. The van der Waals surface area contributed by atoms with Gasteiger partial charge in [-0.3, -0.25) is 4.79 Å². The van der Waals surface area contributed by atoms with Gasteiger partial charge in [-0.05, 0) is 80.3 Å². The normalized spacial score (nSPS) is 13.2. The zero-order chi connectivity index (χ0) is 29.7. The molecule has 0 aliphatic heterocycles. The van der Waals surface area contributed by atoms with Gasteiger partial charge in [0.05, 0.1) is 12.0 Å². The monoisotopic (exact) mass is 544 g/mol. The molecule has 0 atom stereocenters. The second-order valence-electron chi connectivity index (χ2n) is 12.2. The molecule has 0 N–H and O–H groups in total. The minimum Gasteiger partial charge on any atom is -0.462 e. The largest absolute Gasteiger partial charge is 0.462 e. The number of benzene rings is 2. The number of hydrogen-bond donors (Lipinski definition) is 0. The fraction of sp³-hybridized carbons (Fsp3) is 0.529. The number of aromatic nitrogens is 4. The lowest BCUT2D eigenvalue weighted by atomic mass is 9.84. The van der Waals surface area contributed by atoms with Gasteiger partial charge in [0.15, 0.2) is 0 Å². The van der Waals surface area contributed by atoms with Crippen LogP contribution in [0.25, 0.3) is 11.4 Å². The highest BCUT2D eigenvalue weighted by molar-refractivity contribution is 5.71. The average Bonchev–Trinajstić information content (AvgIpc) is 3.61. The zero-order valence-electron chi connectivity index (χ0n) is 25.9. The fourth-order valence-corrected chi connectivity index (χ4v) is 3.31. The lowest BCUT2D eigenvalue weighted by Gasteiger charge is -2.22. The van der Waals surface area contributed by atoms with Gasteiger partial charge in [-0.2, -0.15) is 4.80 Å². The van der Waals surface area contributed by atoms with Gasteiger partial charge in [0.1, 0.15) is 6.10 Å². The van der Waals surface area contributed by atoms with Gasteiger partial charge < -0.3 is 4.74 Å². The molecule has 4 rings (SSSR count). The maximum Gasteiger partial charge on any atom is 0.308 e. The summed E-state index contributed by atoms with van der Waals surface area (Å²) in [6, 6.07) is 18.0. The van der Waals surface area contributed by atoms with Gasteiger partial charge in [-0.15, -0.1) is 10.2 Å². The van der Waals surface area contributed by atoms with Gasteiger partial charge in [-0.1, -0.05) is 90.6 Å². The van der Waals surface area contributed by atoms with Crippen LogP contribution >= 0.6 is 0 Å². The summed E-state index contributed by atoms with van der Waals surface area (Å²) in [5.74, 6) is 7.75. The van der Waals surface area contributed by atoms with E-state index in [0.29, 0.717) is 11.2 Å². The molecule has 0 bridgehead atoms. The topological polar surface area (TPSA) is 69.9 Å². The third-order valence-electron chi connectivity index (χ3n) is 6.96. The Morgan fingerprint density at radius 2 is 1.48 bits per heavy atom. The first-order valence-corrected chi connectivity index (χ1v) is 14.5. The van der Waals surface area contributed by atoms with Crippen LogP contribution in [0.5, 0.6) is 0 Å². The Labute approximate surface area is 241 Å². The SMILES string of the molecule is CC(C)C(=O)OC1CCCC1.CC(C)C(C)(C)C.CC(C)n1nnc(-c2ccccc2C#Cc2ccccc2)n1. The summed E-state index contributed by atoms with van der Waals surface area (Å²) < 4.78 is 5.23. The van der Waals surface area contributed by atoms with Crippen molar-refractivity contribution < 1.29 is 9.53 Å². The van der Waals surface area contributed by atoms with Crippen LogP contribution in [-0.4, -0.2) is 32.3 Å². The number of nitrogens with zero attached hydrogens (tertiary/aromatic N) is 4. The Kier molecular flexibility index (Phi) is 13.1. The van der Waals surface area contributed by atoms with E-state index in [2.05, 4.69) is 61.9 Å². The van der Waals surface area contributed by atoms with Crippen molar-refractivity contribution in [2.45, 2.75) is 100 Å². The number of hydrogen-bond acceptors (Lipinski definition) is 5. The molecule has 3 aromatic rings. The standard InChI is InChI=1S/C18H16N4.C9H16O2.C7H16/c1-14(2)22-20-18(19-21-22)17-11-7-6-10-16(17)13-12-15-8-4-3-5-9-15;1-7(2)9(10)11-8-5-3-4-6-8;1-6(2)7(3,4)5/h3-11,14H,1-2H3;7-8H,3-6H2,1-2H3;6H,1-5H3. The maximum absolute atomic E-state index is 11.1. The Balaban J connectivity index is 0.000000259. The van der Waals surface area contributed by atoms with E-state index >= 15 is 0 Å². The Hall–Kier alpha value is -3.46. The molecule has 2 aromatic carbocycles. The minimum atomic E-state index is -0.0445. The molecule has 1 fully saturated rings. The van der Waals surface area contributed by atoms with E-state index in [-0.39, 0.29) is 24.0 Å². The second kappa shape index (κ2) is 16.0. The van der Waals surface area contributed by atoms with Crippen LogP contribution in [0.2, 0.25) is 0 Å². The van der Waals surface area contributed by atoms with E-state index < -0.39 is 0 Å². The van der Waals surface area contributed by atoms with Gasteiger partial charge in [0.2, 0.25) is 5.82 Å². The molecule has 0 spiro atoms. The second-order valence-corrected chi connectivity index (χ2v) is 12.2. The van der Waals surface area contributed by atoms with Crippen LogP contribution < -0.4 is 0 Å². The van der Waals surface area contributed by atoms with Crippen molar-refractivity contribution in [3.05, 3.63) is 65.7 Å². The van der Waals surface area contributed by atoms with Crippen LogP contribution in [0.4, 0.5) is 0 Å². The van der Waals surface area contributed by atoms with Crippen molar-refractivity contribution in [3.8, 4) is 23.2 Å². The number of carbonyl (C=O) groups is 1. The number of ether oxygens (including phenoxy) is 1. The Morgan fingerprint density at radius 1 is 0.900 bits per heavy atom. The smallest absolute Gasteiger partial charge is 0.308 e. The first kappa shape index (κ1) is 32.8. The molecule has 1 aromatic heterocycles. The van der Waals surface area contributed by atoms with Crippen LogP contribution in [0.15, 0.2) is 54.6 Å². The summed E-state index contributed by atoms with van der Waals surface area (Å²) in [6.45, 7) is 19.1. The van der Waals surface area contributed by atoms with Crippen LogP contribution in [0, 0.1) is 29.1 Å². The number of rotatable bonds is 4. The zero-order valence-corrected chi connectivity index (χ0v) is 25.9. The molecular weight excluding hydrogens is 496 g/mol. The van der Waals surface area contributed by atoms with E-state index in [1.54, 1.807) is 4.80 Å². The van der Waals surface area contributed by atoms with E-state index in [0.717, 1.165) is 35.4 Å². The Morgan fingerprint density at radius 3 is 2.00 bits per heavy atom. The average molecular weight is 545 g/mol. The lowest BCUT2D eigenvalue weighted by molar-refractivity contribution is -0.152. The lowest BCUT2D eigenvalue weighted by Crippen LogP contribution is -2.18. The molecule has 1 heterocycles. The van der Waals surface area contributed by atoms with E-state index in [9.17, 15) is 4.79 Å². The van der Waals surface area contributed by atoms with Crippen molar-refractivity contribution in [2.24, 2.45) is 17.3 Å². The molecule has 1 aliphatic carbocycles. The minimum absolute atomic E-state index is 0.0237. The number of tetrazole rings is 1. The summed E-state index contributed by atoms with van der Waals surface area (Å²) in [4.78, 5) is 12.7. The van der Waals surface area contributed by atoms with Crippen molar-refractivity contribution in [1.29, 1.82) is 0 Å². The molecule has 6 heteroatoms. The van der Waals surface area contributed by atoms with Crippen molar-refractivity contribution in [3.63, 3.8) is 0 Å². The molecule has 0 amide bonds. The molecular formula is C34H48N4O2.